The number of ether oxygens (including phenoxy) is 3. The van der Waals surface area contributed by atoms with E-state index in [0.29, 0.717) is 19.3 Å². The van der Waals surface area contributed by atoms with Gasteiger partial charge in [-0.3, -0.25) is 32.5 Å². The zero-order valence-electron chi connectivity index (χ0n) is 82.6. The smallest absolute Gasteiger partial charge is 0.463 e. The Kier molecular flexibility index (Phi) is 98.3. The van der Waals surface area contributed by atoms with Crippen LogP contribution in [0, 0.1) is 0 Å². The molecule has 0 heterocycles. The zero-order valence-corrected chi connectivity index (χ0v) is 84.4. The monoisotopic (exact) mass is 1850 g/mol. The summed E-state index contributed by atoms with van der Waals surface area (Å²) in [5.74, 6) is -1.56. The molecule has 0 saturated heterocycles. The van der Waals surface area contributed by atoms with Gasteiger partial charge in [0.2, 0.25) is 0 Å². The number of hydrogen-bond acceptors (Lipinski definition) is 14. The maximum absolute atomic E-state index is 13.1. The number of phosphoric acid groups is 2. The minimum absolute atomic E-state index is 0.101. The molecule has 5 unspecified atom stereocenters. The Labute approximate surface area is 790 Å². The molecule has 16 nitrogen and oxygen atoms in total. The molecule has 0 aliphatic heterocycles. The van der Waals surface area contributed by atoms with Crippen LogP contribution in [0.4, 0.5) is 0 Å². The van der Waals surface area contributed by atoms with Crippen LogP contribution in [0.3, 0.4) is 0 Å². The van der Waals surface area contributed by atoms with Crippen molar-refractivity contribution in [2.75, 3.05) is 39.6 Å². The van der Waals surface area contributed by atoms with Crippen molar-refractivity contribution in [3.05, 3.63) is 158 Å². The zero-order chi connectivity index (χ0) is 93.5. The van der Waals surface area contributed by atoms with Gasteiger partial charge >= 0.3 is 33.6 Å². The normalized spacial score (nSPS) is 14.3. The number of allylic oxidation sites excluding steroid dienone is 26. The SMILES string of the molecule is CC/C=C\C/C=C\C/C=C\C/C=C\C/C=C\CCCCCCCCCCCCCCCCCCCCCC(=O)OCC(O)COP(=O)(O)OCC(O)COP(=O)(O)OCC(COC(=O)CCCCCCCCCCCCCCC/C=C\C/C=C\C/C=C\C/C=C\CCCCC)OC(=O)CCCCCCCCCCCCCCC/C=C\C/C=C\C/C=C\C/C=C\CCCCC. The van der Waals surface area contributed by atoms with Crippen molar-refractivity contribution in [3.8, 4) is 0 Å². The second-order valence-electron chi connectivity index (χ2n) is 35.3. The van der Waals surface area contributed by atoms with Crippen LogP contribution in [0.5, 0.6) is 0 Å². The molecular weight excluding hydrogens is 1650 g/mol. The summed E-state index contributed by atoms with van der Waals surface area (Å²) in [6.45, 7) is 2.60. The standard InChI is InChI=1S/C111H194O16P2/c1-4-7-10-13-16-19-22-25-28-31-34-37-40-43-46-49-50-51-52-53-54-57-59-61-64-67-70-73-76-79-82-85-88-91-94-97-109(114)121-100-106(112)101-123-128(117,118)124-102-107(113)103-125-129(119,120)126-105-108(127-111(116)99-96-93-90-87-84-81-78-75-72-69-66-63-60-56-48-45-42-39-36-33-30-27-24-21-18-15-12-9-6-3)104-122-110(115)98-95-92-89-86-83-80-77-74-71-68-65-62-58-55-47-44-41-38-35-32-29-26-23-20-17-14-11-8-5-2/h7,10,16-21,25-30,34-39,43-48,106-108,112-113H,4-6,8-9,11-15,22-24,31-33,40-42,49-105H2,1-3H3,(H,117,118)(H,119,120)/b10-7-,19-16-,20-17-,21-18-,28-25-,29-26-,30-27-,37-34-,38-35-,39-36-,46-43-,47-44-,48-45-. The van der Waals surface area contributed by atoms with Crippen LogP contribution >= 0.6 is 15.6 Å². The molecule has 0 bridgehead atoms. The van der Waals surface area contributed by atoms with Crippen molar-refractivity contribution in [2.24, 2.45) is 0 Å². The highest BCUT2D eigenvalue weighted by molar-refractivity contribution is 7.47. The summed E-state index contributed by atoms with van der Waals surface area (Å²) in [5.41, 5.74) is 0. The predicted molar refractivity (Wildman–Crippen MR) is 546 cm³/mol. The van der Waals surface area contributed by atoms with Gasteiger partial charge in [-0.25, -0.2) is 9.13 Å². The summed E-state index contributed by atoms with van der Waals surface area (Å²) in [6, 6.07) is 0. The Hall–Kier alpha value is -4.83. The molecule has 0 amide bonds. The number of unbranched alkanes of at least 4 members (excludes halogenated alkanes) is 51. The van der Waals surface area contributed by atoms with Gasteiger partial charge in [0.1, 0.15) is 25.4 Å². The van der Waals surface area contributed by atoms with E-state index in [0.717, 1.165) is 148 Å². The largest absolute Gasteiger partial charge is 0.472 e. The van der Waals surface area contributed by atoms with E-state index >= 15 is 0 Å². The first-order chi connectivity index (χ1) is 63.2. The molecule has 18 heteroatoms. The molecule has 744 valence electrons. The molecule has 0 aliphatic carbocycles. The van der Waals surface area contributed by atoms with Crippen LogP contribution < -0.4 is 0 Å². The molecule has 0 aromatic carbocycles. The number of carbonyl (C=O) groups is 3. The molecule has 5 atom stereocenters. The van der Waals surface area contributed by atoms with Crippen molar-refractivity contribution in [2.45, 2.75) is 489 Å². The number of aliphatic hydroxyl groups is 2. The lowest BCUT2D eigenvalue weighted by molar-refractivity contribution is -0.161. The topological polar surface area (TPSA) is 231 Å². The van der Waals surface area contributed by atoms with Crippen LogP contribution in [-0.2, 0) is 55.8 Å². The average Bonchev–Trinajstić information content (AvgIpc) is 0.898. The molecular formula is C111H194O16P2. The second-order valence-corrected chi connectivity index (χ2v) is 38.2. The van der Waals surface area contributed by atoms with Crippen molar-refractivity contribution in [3.63, 3.8) is 0 Å². The van der Waals surface area contributed by atoms with Crippen molar-refractivity contribution in [1.29, 1.82) is 0 Å². The van der Waals surface area contributed by atoms with E-state index in [1.165, 1.54) is 263 Å². The van der Waals surface area contributed by atoms with Gasteiger partial charge in [0.05, 0.1) is 26.4 Å². The highest BCUT2D eigenvalue weighted by Crippen LogP contribution is 2.45. The van der Waals surface area contributed by atoms with Gasteiger partial charge in [-0.1, -0.05) is 455 Å². The van der Waals surface area contributed by atoms with E-state index in [4.69, 9.17) is 32.3 Å². The molecule has 0 aromatic heterocycles. The number of hydrogen-bond donors (Lipinski definition) is 4. The minimum Gasteiger partial charge on any atom is -0.463 e. The molecule has 129 heavy (non-hydrogen) atoms. The molecule has 0 spiro atoms. The third kappa shape index (κ3) is 104. The second kappa shape index (κ2) is 102. The van der Waals surface area contributed by atoms with Crippen molar-refractivity contribution >= 4 is 33.6 Å². The molecule has 0 radical (unpaired) electrons. The van der Waals surface area contributed by atoms with Gasteiger partial charge in [-0.05, 0) is 154 Å². The van der Waals surface area contributed by atoms with Gasteiger partial charge in [0.25, 0.3) is 0 Å². The third-order valence-corrected chi connectivity index (χ3v) is 24.6. The lowest BCUT2D eigenvalue weighted by Gasteiger charge is -2.21. The summed E-state index contributed by atoms with van der Waals surface area (Å²) >= 11 is 0. The molecule has 0 fully saturated rings. The summed E-state index contributed by atoms with van der Waals surface area (Å²) in [7, 11) is -9.82. The average molecular weight is 1850 g/mol. The fourth-order valence-electron chi connectivity index (χ4n) is 14.7. The number of esters is 3. The maximum atomic E-state index is 13.1. The van der Waals surface area contributed by atoms with Gasteiger partial charge in [0.15, 0.2) is 6.10 Å². The van der Waals surface area contributed by atoms with Gasteiger partial charge < -0.3 is 34.2 Å². The molecule has 0 saturated carbocycles. The maximum Gasteiger partial charge on any atom is 0.472 e. The predicted octanol–water partition coefficient (Wildman–Crippen LogP) is 33.6. The first-order valence-corrected chi connectivity index (χ1v) is 55.8. The van der Waals surface area contributed by atoms with E-state index in [1.807, 2.05) is 0 Å². The van der Waals surface area contributed by atoms with E-state index < -0.39 is 91.5 Å². The van der Waals surface area contributed by atoms with Gasteiger partial charge in [0, 0.05) is 19.3 Å². The summed E-state index contributed by atoms with van der Waals surface area (Å²) in [4.78, 5) is 59.3. The van der Waals surface area contributed by atoms with E-state index in [9.17, 15) is 43.5 Å². The molecule has 0 aromatic rings. The number of rotatable bonds is 100. The lowest BCUT2D eigenvalue weighted by Crippen LogP contribution is -2.30. The van der Waals surface area contributed by atoms with E-state index in [-0.39, 0.29) is 19.3 Å². The fourth-order valence-corrected chi connectivity index (χ4v) is 16.3. The molecule has 0 rings (SSSR count). The summed E-state index contributed by atoms with van der Waals surface area (Å²) in [5, 5.41) is 20.8. The first-order valence-electron chi connectivity index (χ1n) is 52.8. The quantitative estimate of drug-likeness (QED) is 0.0146. The lowest BCUT2D eigenvalue weighted by atomic mass is 10.0. The van der Waals surface area contributed by atoms with Gasteiger partial charge in [-0.2, -0.15) is 0 Å². The summed E-state index contributed by atoms with van der Waals surface area (Å²) < 4.78 is 61.8. The molecule has 0 aliphatic rings. The van der Waals surface area contributed by atoms with Crippen molar-refractivity contribution in [1.82, 2.24) is 0 Å². The van der Waals surface area contributed by atoms with E-state index in [1.54, 1.807) is 0 Å². The number of phosphoric ester groups is 2. The number of carbonyl (C=O) groups excluding carboxylic acids is 3. The highest BCUT2D eigenvalue weighted by Gasteiger charge is 2.30. The first kappa shape index (κ1) is 124. The number of aliphatic hydroxyl groups excluding tert-OH is 2. The van der Waals surface area contributed by atoms with Crippen molar-refractivity contribution < 1.29 is 75.8 Å². The summed E-state index contributed by atoms with van der Waals surface area (Å²) in [6.07, 6.45) is 133. The minimum atomic E-state index is -4.95. The van der Waals surface area contributed by atoms with Gasteiger partial charge in [-0.15, -0.1) is 0 Å². The fraction of sp³-hybridized carbons (Fsp3) is 0.739. The Morgan fingerprint density at radius 2 is 0.411 bits per heavy atom. The van der Waals surface area contributed by atoms with Crippen LogP contribution in [0.1, 0.15) is 470 Å². The van der Waals surface area contributed by atoms with Crippen LogP contribution in [0.25, 0.3) is 0 Å². The third-order valence-electron chi connectivity index (χ3n) is 22.7. The Morgan fingerprint density at radius 1 is 0.225 bits per heavy atom. The van der Waals surface area contributed by atoms with Crippen LogP contribution in [0.2, 0.25) is 0 Å². The Balaban J connectivity index is 4.58. The Bertz CT molecular complexity index is 2980. The van der Waals surface area contributed by atoms with Crippen LogP contribution in [-0.4, -0.2) is 95.9 Å². The Morgan fingerprint density at radius 3 is 0.651 bits per heavy atom. The molecule has 4 N–H and O–H groups in total. The van der Waals surface area contributed by atoms with Crippen LogP contribution in [0.15, 0.2) is 158 Å². The van der Waals surface area contributed by atoms with E-state index in [2.05, 4.69) is 179 Å². The highest BCUT2D eigenvalue weighted by atomic mass is 31.2.